The van der Waals surface area contributed by atoms with Gasteiger partial charge in [-0.1, -0.05) is 6.92 Å². The number of amides is 2. The predicted molar refractivity (Wildman–Crippen MR) is 81.6 cm³/mol. The lowest BCUT2D eigenvalue weighted by Gasteiger charge is -2.38. The lowest BCUT2D eigenvalue weighted by atomic mass is 10.0. The zero-order valence-electron chi connectivity index (χ0n) is 13.3. The maximum absolute atomic E-state index is 11.7. The molecule has 120 valence electrons. The first-order chi connectivity index (χ1) is 10.0. The van der Waals surface area contributed by atoms with Crippen LogP contribution in [0.4, 0.5) is 0 Å². The molecule has 0 saturated carbocycles. The fourth-order valence-electron chi connectivity index (χ4n) is 3.44. The molecule has 2 aliphatic rings. The van der Waals surface area contributed by atoms with Crippen LogP contribution in [0.1, 0.15) is 26.7 Å². The van der Waals surface area contributed by atoms with E-state index >= 15 is 0 Å². The molecule has 2 amide bonds. The number of rotatable bonds is 3. The van der Waals surface area contributed by atoms with Gasteiger partial charge in [-0.25, -0.2) is 0 Å². The highest BCUT2D eigenvalue weighted by atomic mass is 16.2. The molecule has 1 unspecified atom stereocenters. The van der Waals surface area contributed by atoms with Crippen molar-refractivity contribution in [3.8, 4) is 0 Å². The second-order valence-corrected chi connectivity index (χ2v) is 6.22. The van der Waals surface area contributed by atoms with Gasteiger partial charge in [0.05, 0.1) is 5.92 Å². The van der Waals surface area contributed by atoms with Crippen molar-refractivity contribution in [2.24, 2.45) is 11.7 Å². The second-order valence-electron chi connectivity index (χ2n) is 6.22. The zero-order valence-corrected chi connectivity index (χ0v) is 13.3. The molecule has 21 heavy (non-hydrogen) atoms. The van der Waals surface area contributed by atoms with E-state index in [-0.39, 0.29) is 17.7 Å². The van der Waals surface area contributed by atoms with E-state index in [1.165, 1.54) is 0 Å². The molecule has 2 heterocycles. The van der Waals surface area contributed by atoms with E-state index in [9.17, 15) is 9.59 Å². The minimum absolute atomic E-state index is 0.0314. The molecule has 6 heteroatoms. The largest absolute Gasteiger partial charge is 0.369 e. The minimum atomic E-state index is -0.292. The van der Waals surface area contributed by atoms with Crippen molar-refractivity contribution in [1.82, 2.24) is 14.7 Å². The minimum Gasteiger partial charge on any atom is -0.369 e. The van der Waals surface area contributed by atoms with Gasteiger partial charge in [0.1, 0.15) is 0 Å². The standard InChI is InChI=1S/C15H28N4O2/c1-3-17-6-4-14(5-7-17)19-9-8-18(12(2)20)10-13(11-19)15(16)21/h13-14H,3-11H2,1-2H3,(H2,16,21). The summed E-state index contributed by atoms with van der Waals surface area (Å²) in [5.74, 6) is -0.511. The van der Waals surface area contributed by atoms with Crippen molar-refractivity contribution in [3.63, 3.8) is 0 Å². The highest BCUT2D eigenvalue weighted by Gasteiger charge is 2.32. The molecule has 2 rings (SSSR count). The van der Waals surface area contributed by atoms with Gasteiger partial charge in [-0.3, -0.25) is 14.5 Å². The topological polar surface area (TPSA) is 69.9 Å². The molecule has 0 aliphatic carbocycles. The van der Waals surface area contributed by atoms with Crippen molar-refractivity contribution in [2.45, 2.75) is 32.7 Å². The van der Waals surface area contributed by atoms with Crippen LogP contribution in [0, 0.1) is 5.92 Å². The van der Waals surface area contributed by atoms with Gasteiger partial charge < -0.3 is 15.5 Å². The van der Waals surface area contributed by atoms with E-state index in [4.69, 9.17) is 5.73 Å². The molecule has 2 N–H and O–H groups in total. The highest BCUT2D eigenvalue weighted by Crippen LogP contribution is 2.20. The van der Waals surface area contributed by atoms with Crippen molar-refractivity contribution in [1.29, 1.82) is 0 Å². The maximum Gasteiger partial charge on any atom is 0.223 e. The number of carbonyl (C=O) groups is 2. The third-order valence-electron chi connectivity index (χ3n) is 4.92. The number of primary amides is 1. The first-order valence-electron chi connectivity index (χ1n) is 8.02. The van der Waals surface area contributed by atoms with Gasteiger partial charge >= 0.3 is 0 Å². The van der Waals surface area contributed by atoms with Crippen LogP contribution in [0.15, 0.2) is 0 Å². The molecular formula is C15H28N4O2. The van der Waals surface area contributed by atoms with Crippen LogP contribution in [0.3, 0.4) is 0 Å². The summed E-state index contributed by atoms with van der Waals surface area (Å²) in [6, 6.07) is 0.515. The fraction of sp³-hybridized carbons (Fsp3) is 0.867. The third-order valence-corrected chi connectivity index (χ3v) is 4.92. The Morgan fingerprint density at radius 3 is 2.29 bits per heavy atom. The summed E-state index contributed by atoms with van der Waals surface area (Å²) >= 11 is 0. The van der Waals surface area contributed by atoms with Crippen LogP contribution in [0.2, 0.25) is 0 Å². The Kier molecular flexibility index (Phi) is 5.58. The van der Waals surface area contributed by atoms with Gasteiger partial charge in [0.25, 0.3) is 0 Å². The lowest BCUT2D eigenvalue weighted by molar-refractivity contribution is -0.130. The molecule has 2 fully saturated rings. The molecule has 0 aromatic heterocycles. The normalized spacial score (nSPS) is 26.6. The number of hydrogen-bond acceptors (Lipinski definition) is 4. The summed E-state index contributed by atoms with van der Waals surface area (Å²) in [5.41, 5.74) is 5.52. The molecule has 1 atom stereocenters. The van der Waals surface area contributed by atoms with Crippen LogP contribution in [0.25, 0.3) is 0 Å². The number of carbonyl (C=O) groups excluding carboxylic acids is 2. The van der Waals surface area contributed by atoms with E-state index in [1.807, 2.05) is 0 Å². The molecule has 2 saturated heterocycles. The Bertz CT molecular complexity index is 380. The molecule has 2 aliphatic heterocycles. The van der Waals surface area contributed by atoms with Crippen molar-refractivity contribution >= 4 is 11.8 Å². The molecule has 0 spiro atoms. The summed E-state index contributed by atoms with van der Waals surface area (Å²) in [7, 11) is 0. The van der Waals surface area contributed by atoms with Crippen molar-refractivity contribution < 1.29 is 9.59 Å². The fourth-order valence-corrected chi connectivity index (χ4v) is 3.44. The first kappa shape index (κ1) is 16.2. The smallest absolute Gasteiger partial charge is 0.223 e. The van der Waals surface area contributed by atoms with Gasteiger partial charge in [-0.05, 0) is 32.5 Å². The summed E-state index contributed by atoms with van der Waals surface area (Å²) < 4.78 is 0. The van der Waals surface area contributed by atoms with Crippen LogP contribution < -0.4 is 5.73 Å². The van der Waals surface area contributed by atoms with E-state index in [1.54, 1.807) is 11.8 Å². The SMILES string of the molecule is CCN1CCC(N2CCN(C(C)=O)CC(C(N)=O)C2)CC1. The third kappa shape index (κ3) is 4.17. The summed E-state index contributed by atoms with van der Waals surface area (Å²) in [6.07, 6.45) is 2.28. The monoisotopic (exact) mass is 296 g/mol. The number of piperidine rings is 1. The molecule has 0 aromatic carbocycles. The van der Waals surface area contributed by atoms with Crippen LogP contribution >= 0.6 is 0 Å². The summed E-state index contributed by atoms with van der Waals surface area (Å²) in [4.78, 5) is 29.9. The summed E-state index contributed by atoms with van der Waals surface area (Å²) in [5, 5.41) is 0. The predicted octanol–water partition coefficient (Wildman–Crippen LogP) is -0.264. The first-order valence-corrected chi connectivity index (χ1v) is 8.02. The van der Waals surface area contributed by atoms with Crippen molar-refractivity contribution in [3.05, 3.63) is 0 Å². The lowest BCUT2D eigenvalue weighted by Crippen LogP contribution is -2.47. The molecule has 6 nitrogen and oxygen atoms in total. The highest BCUT2D eigenvalue weighted by molar-refractivity contribution is 5.79. The Morgan fingerprint density at radius 1 is 1.10 bits per heavy atom. The van der Waals surface area contributed by atoms with E-state index in [2.05, 4.69) is 16.7 Å². The van der Waals surface area contributed by atoms with Gasteiger partial charge in [-0.2, -0.15) is 0 Å². The van der Waals surface area contributed by atoms with Gasteiger partial charge in [0.15, 0.2) is 0 Å². The van der Waals surface area contributed by atoms with Crippen LogP contribution in [0.5, 0.6) is 0 Å². The van der Waals surface area contributed by atoms with Crippen molar-refractivity contribution in [2.75, 3.05) is 45.8 Å². The Morgan fingerprint density at radius 2 is 1.76 bits per heavy atom. The molecular weight excluding hydrogens is 268 g/mol. The van der Waals surface area contributed by atoms with Gasteiger partial charge in [-0.15, -0.1) is 0 Å². The average Bonchev–Trinajstić information content (AvgIpc) is 2.70. The van der Waals surface area contributed by atoms with Gasteiger partial charge in [0, 0.05) is 39.1 Å². The Labute approximate surface area is 127 Å². The van der Waals surface area contributed by atoms with E-state index in [0.29, 0.717) is 25.7 Å². The van der Waals surface area contributed by atoms with Crippen LogP contribution in [-0.2, 0) is 9.59 Å². The quantitative estimate of drug-likeness (QED) is 0.779. The molecule has 0 radical (unpaired) electrons. The van der Waals surface area contributed by atoms with Gasteiger partial charge in [0.2, 0.25) is 11.8 Å². The van der Waals surface area contributed by atoms with E-state index in [0.717, 1.165) is 39.0 Å². The zero-order chi connectivity index (χ0) is 15.4. The molecule has 0 aromatic rings. The Hall–Kier alpha value is -1.14. The summed E-state index contributed by atoms with van der Waals surface area (Å²) in [6.45, 7) is 9.81. The number of hydrogen-bond donors (Lipinski definition) is 1. The van der Waals surface area contributed by atoms with E-state index < -0.39 is 0 Å². The number of likely N-dealkylation sites (tertiary alicyclic amines) is 1. The van der Waals surface area contributed by atoms with Crippen LogP contribution in [-0.4, -0.2) is 78.4 Å². The number of nitrogens with zero attached hydrogens (tertiary/aromatic N) is 3. The Balaban J connectivity index is 1.99. The molecule has 0 bridgehead atoms. The average molecular weight is 296 g/mol. The second kappa shape index (κ2) is 7.22. The maximum atomic E-state index is 11.7. The number of nitrogens with two attached hydrogens (primary N) is 1.